The Morgan fingerprint density at radius 1 is 1.35 bits per heavy atom. The van der Waals surface area contributed by atoms with Crippen molar-refractivity contribution in [3.05, 3.63) is 48.6 Å². The van der Waals surface area contributed by atoms with E-state index in [9.17, 15) is 0 Å². The third-order valence-corrected chi connectivity index (χ3v) is 2.52. The van der Waals surface area contributed by atoms with Gasteiger partial charge in [-0.1, -0.05) is 36.4 Å². The fraction of sp³-hybridized carbons (Fsp3) is 0.286. The monoisotopic (exact) mass is 226 g/mol. The Bertz CT molecular complexity index is 439. The normalized spacial score (nSPS) is 12.2. The molecule has 0 bridgehead atoms. The van der Waals surface area contributed by atoms with Crippen LogP contribution < -0.4 is 0 Å². The average molecular weight is 226 g/mol. The number of nitriles is 2. The molecule has 0 saturated heterocycles. The molecule has 0 aliphatic heterocycles. The van der Waals surface area contributed by atoms with E-state index in [1.165, 1.54) is 6.08 Å². The van der Waals surface area contributed by atoms with E-state index in [-0.39, 0.29) is 0 Å². The molecule has 0 aliphatic carbocycles. The summed E-state index contributed by atoms with van der Waals surface area (Å²) in [6, 6.07) is 13.5. The highest BCUT2D eigenvalue weighted by Gasteiger charge is 2.33. The van der Waals surface area contributed by atoms with E-state index in [0.29, 0.717) is 6.61 Å². The number of rotatable bonds is 5. The van der Waals surface area contributed by atoms with Gasteiger partial charge in [0.15, 0.2) is 5.41 Å². The second kappa shape index (κ2) is 5.84. The maximum absolute atomic E-state index is 8.98. The molecule has 0 aliphatic rings. The summed E-state index contributed by atoms with van der Waals surface area (Å²) < 4.78 is 5.56. The molecule has 3 nitrogen and oxygen atoms in total. The van der Waals surface area contributed by atoms with Crippen LogP contribution in [0.15, 0.2) is 43.0 Å². The molecule has 86 valence electrons. The van der Waals surface area contributed by atoms with Gasteiger partial charge in [0.1, 0.15) is 6.10 Å². The zero-order chi connectivity index (χ0) is 12.7. The van der Waals surface area contributed by atoms with Gasteiger partial charge in [-0.2, -0.15) is 10.5 Å². The lowest BCUT2D eigenvalue weighted by atomic mass is 9.87. The van der Waals surface area contributed by atoms with E-state index < -0.39 is 11.5 Å². The van der Waals surface area contributed by atoms with Gasteiger partial charge in [0, 0.05) is 0 Å². The quantitative estimate of drug-likeness (QED) is 0.725. The second-order valence-electron chi connectivity index (χ2n) is 3.88. The lowest BCUT2D eigenvalue weighted by molar-refractivity contribution is 0.0318. The van der Waals surface area contributed by atoms with E-state index >= 15 is 0 Å². The first-order valence-corrected chi connectivity index (χ1v) is 5.27. The molecule has 17 heavy (non-hydrogen) atoms. The van der Waals surface area contributed by atoms with Crippen LogP contribution in [0.5, 0.6) is 0 Å². The molecule has 0 N–H and O–H groups in total. The molecule has 0 radical (unpaired) electrons. The maximum Gasteiger partial charge on any atom is 0.170 e. The molecule has 3 heteroatoms. The van der Waals surface area contributed by atoms with Gasteiger partial charge in [-0.05, 0) is 12.5 Å². The smallest absolute Gasteiger partial charge is 0.170 e. The van der Waals surface area contributed by atoms with Gasteiger partial charge in [0.25, 0.3) is 0 Å². The SMILES string of the molecule is C=CC(OCc1ccccc1)C(C)(C#N)C#N. The molecule has 1 aromatic rings. The molecule has 0 amide bonds. The number of ether oxygens (including phenoxy) is 1. The van der Waals surface area contributed by atoms with Crippen molar-refractivity contribution in [1.29, 1.82) is 10.5 Å². The molecule has 0 heterocycles. The van der Waals surface area contributed by atoms with Gasteiger partial charge >= 0.3 is 0 Å². The van der Waals surface area contributed by atoms with Gasteiger partial charge < -0.3 is 4.74 Å². The van der Waals surface area contributed by atoms with Crippen LogP contribution >= 0.6 is 0 Å². The van der Waals surface area contributed by atoms with E-state index in [0.717, 1.165) is 5.56 Å². The zero-order valence-corrected chi connectivity index (χ0v) is 9.76. The Labute approximate surface area is 102 Å². The summed E-state index contributed by atoms with van der Waals surface area (Å²) >= 11 is 0. The summed E-state index contributed by atoms with van der Waals surface area (Å²) in [5.41, 5.74) is -0.200. The molecule has 1 atom stereocenters. The molecule has 1 aromatic carbocycles. The highest BCUT2D eigenvalue weighted by Crippen LogP contribution is 2.24. The summed E-state index contributed by atoms with van der Waals surface area (Å²) in [4.78, 5) is 0. The van der Waals surface area contributed by atoms with Crippen LogP contribution in [0.25, 0.3) is 0 Å². The number of hydrogen-bond donors (Lipinski definition) is 0. The fourth-order valence-corrected chi connectivity index (χ4v) is 1.38. The van der Waals surface area contributed by atoms with Crippen LogP contribution in [0.2, 0.25) is 0 Å². The van der Waals surface area contributed by atoms with Crippen LogP contribution in [0.4, 0.5) is 0 Å². The van der Waals surface area contributed by atoms with Crippen molar-refractivity contribution in [2.75, 3.05) is 0 Å². The van der Waals surface area contributed by atoms with Gasteiger partial charge in [-0.3, -0.25) is 0 Å². The summed E-state index contributed by atoms with van der Waals surface area (Å²) in [5, 5.41) is 18.0. The van der Waals surface area contributed by atoms with Crippen LogP contribution in [0.3, 0.4) is 0 Å². The largest absolute Gasteiger partial charge is 0.367 e. The minimum absolute atomic E-state index is 0.358. The van der Waals surface area contributed by atoms with Crippen molar-refractivity contribution in [3.63, 3.8) is 0 Å². The van der Waals surface area contributed by atoms with Gasteiger partial charge in [-0.15, -0.1) is 6.58 Å². The fourth-order valence-electron chi connectivity index (χ4n) is 1.38. The standard InChI is InChI=1S/C14H14N2O/c1-3-13(14(2,10-15)11-16)17-9-12-7-5-4-6-8-12/h3-8,13H,1,9H2,2H3. The van der Waals surface area contributed by atoms with E-state index in [1.54, 1.807) is 6.92 Å². The second-order valence-corrected chi connectivity index (χ2v) is 3.88. The first-order chi connectivity index (χ1) is 8.16. The maximum atomic E-state index is 8.98. The van der Waals surface area contributed by atoms with E-state index in [1.807, 2.05) is 42.5 Å². The summed E-state index contributed by atoms with van der Waals surface area (Å²) in [6.45, 7) is 5.51. The Morgan fingerprint density at radius 3 is 2.41 bits per heavy atom. The van der Waals surface area contributed by atoms with Crippen LogP contribution in [-0.2, 0) is 11.3 Å². The molecule has 0 spiro atoms. The van der Waals surface area contributed by atoms with Crippen molar-refractivity contribution in [1.82, 2.24) is 0 Å². The summed E-state index contributed by atoms with van der Waals surface area (Å²) in [5.74, 6) is 0. The molecule has 0 aromatic heterocycles. The molecular weight excluding hydrogens is 212 g/mol. The highest BCUT2D eigenvalue weighted by atomic mass is 16.5. The van der Waals surface area contributed by atoms with Crippen molar-refractivity contribution >= 4 is 0 Å². The summed E-state index contributed by atoms with van der Waals surface area (Å²) in [7, 11) is 0. The molecule has 0 saturated carbocycles. The predicted octanol–water partition coefficient (Wildman–Crippen LogP) is 2.81. The average Bonchev–Trinajstić information content (AvgIpc) is 2.40. The van der Waals surface area contributed by atoms with Crippen LogP contribution in [0.1, 0.15) is 12.5 Å². The van der Waals surface area contributed by atoms with Gasteiger partial charge in [0.2, 0.25) is 0 Å². The van der Waals surface area contributed by atoms with E-state index in [2.05, 4.69) is 6.58 Å². The van der Waals surface area contributed by atoms with Gasteiger partial charge in [0.05, 0.1) is 18.7 Å². The first-order valence-electron chi connectivity index (χ1n) is 5.27. The lowest BCUT2D eigenvalue weighted by Gasteiger charge is -2.22. The molecule has 1 rings (SSSR count). The topological polar surface area (TPSA) is 56.8 Å². The third kappa shape index (κ3) is 3.17. The Kier molecular flexibility index (Phi) is 4.46. The Hall–Kier alpha value is -2.10. The molecular formula is C14H14N2O. The van der Waals surface area contributed by atoms with Crippen LogP contribution in [-0.4, -0.2) is 6.10 Å². The Balaban J connectivity index is 2.70. The number of benzene rings is 1. The van der Waals surface area contributed by atoms with E-state index in [4.69, 9.17) is 15.3 Å². The zero-order valence-electron chi connectivity index (χ0n) is 9.76. The first kappa shape index (κ1) is 13.0. The lowest BCUT2D eigenvalue weighted by Crippen LogP contribution is -2.30. The van der Waals surface area contributed by atoms with Gasteiger partial charge in [-0.25, -0.2) is 0 Å². The van der Waals surface area contributed by atoms with Crippen molar-refractivity contribution in [3.8, 4) is 12.1 Å². The molecule has 1 unspecified atom stereocenters. The predicted molar refractivity (Wildman–Crippen MR) is 64.5 cm³/mol. The molecule has 0 fully saturated rings. The minimum Gasteiger partial charge on any atom is -0.367 e. The number of hydrogen-bond acceptors (Lipinski definition) is 3. The highest BCUT2D eigenvalue weighted by molar-refractivity contribution is 5.19. The number of nitrogens with zero attached hydrogens (tertiary/aromatic N) is 2. The summed E-state index contributed by atoms with van der Waals surface area (Å²) in [6.07, 6.45) is 0.896. The third-order valence-electron chi connectivity index (χ3n) is 2.52. The van der Waals surface area contributed by atoms with Crippen molar-refractivity contribution < 1.29 is 4.74 Å². The van der Waals surface area contributed by atoms with Crippen molar-refractivity contribution in [2.24, 2.45) is 5.41 Å². The minimum atomic E-state index is -1.20. The Morgan fingerprint density at radius 2 is 1.94 bits per heavy atom. The van der Waals surface area contributed by atoms with Crippen molar-refractivity contribution in [2.45, 2.75) is 19.6 Å². The van der Waals surface area contributed by atoms with Crippen LogP contribution in [0, 0.1) is 28.1 Å².